The Morgan fingerprint density at radius 2 is 1.65 bits per heavy atom. The Morgan fingerprint density at radius 3 is 2.23 bits per heavy atom. The molecule has 3 aromatic rings. The summed E-state index contributed by atoms with van der Waals surface area (Å²) in [6.07, 6.45) is 1.76. The van der Waals surface area contributed by atoms with Gasteiger partial charge in [-0.25, -0.2) is 0 Å². The lowest BCUT2D eigenvalue weighted by atomic mass is 10.0. The minimum atomic E-state index is -0.334. The van der Waals surface area contributed by atoms with E-state index in [-0.39, 0.29) is 29.4 Å². The summed E-state index contributed by atoms with van der Waals surface area (Å²) < 4.78 is 1.91. The topological polar surface area (TPSA) is 76.9 Å². The second-order valence-electron chi connectivity index (χ2n) is 7.38. The minimum Gasteiger partial charge on any atom is -0.342 e. The molecular formula is C24H26N4O2S. The molecule has 1 unspecified atom stereocenters. The largest absolute Gasteiger partial charge is 0.342 e. The normalized spacial score (nSPS) is 11.8. The monoisotopic (exact) mass is 434 g/mol. The average Bonchev–Trinajstić information content (AvgIpc) is 3.19. The summed E-state index contributed by atoms with van der Waals surface area (Å²) in [6, 6.07) is 17.9. The van der Waals surface area contributed by atoms with Crippen molar-refractivity contribution in [3.63, 3.8) is 0 Å². The molecule has 0 fully saturated rings. The van der Waals surface area contributed by atoms with Gasteiger partial charge in [0.05, 0.1) is 11.8 Å². The third kappa shape index (κ3) is 5.70. The van der Waals surface area contributed by atoms with Gasteiger partial charge in [-0.1, -0.05) is 80.2 Å². The third-order valence-corrected chi connectivity index (χ3v) is 5.72. The lowest BCUT2D eigenvalue weighted by Gasteiger charge is -2.22. The lowest BCUT2D eigenvalue weighted by Crippen LogP contribution is -2.33. The molecule has 6 nitrogen and oxygen atoms in total. The molecule has 2 aromatic carbocycles. The molecule has 0 radical (unpaired) electrons. The van der Waals surface area contributed by atoms with E-state index in [4.69, 9.17) is 0 Å². The van der Waals surface area contributed by atoms with Crippen molar-refractivity contribution >= 4 is 23.5 Å². The molecule has 3 rings (SSSR count). The Labute approximate surface area is 186 Å². The Morgan fingerprint density at radius 1 is 1.03 bits per heavy atom. The summed E-state index contributed by atoms with van der Waals surface area (Å²) in [4.78, 5) is 25.2. The van der Waals surface area contributed by atoms with Crippen molar-refractivity contribution in [1.29, 1.82) is 0 Å². The smallest absolute Gasteiger partial charge is 0.251 e. The molecule has 160 valence electrons. The summed E-state index contributed by atoms with van der Waals surface area (Å²) in [7, 11) is 0. The number of nitrogens with zero attached hydrogens (tertiary/aromatic N) is 3. The SMILES string of the molecule is C=CCn1c(SCC(=O)c2ccccc2)nnc1C(NC(=O)c1ccccc1)C(C)C. The van der Waals surface area contributed by atoms with Gasteiger partial charge in [0, 0.05) is 17.7 Å². The van der Waals surface area contributed by atoms with Gasteiger partial charge >= 0.3 is 0 Å². The number of carbonyl (C=O) groups excluding carboxylic acids is 2. The van der Waals surface area contributed by atoms with Gasteiger partial charge in [0.25, 0.3) is 5.91 Å². The quantitative estimate of drug-likeness (QED) is 0.287. The molecule has 1 N–H and O–H groups in total. The van der Waals surface area contributed by atoms with Crippen LogP contribution in [-0.2, 0) is 6.54 Å². The molecule has 0 saturated carbocycles. The Kier molecular flexibility index (Phi) is 7.78. The highest BCUT2D eigenvalue weighted by Crippen LogP contribution is 2.26. The molecule has 7 heteroatoms. The fraction of sp³-hybridized carbons (Fsp3) is 0.250. The van der Waals surface area contributed by atoms with E-state index in [1.807, 2.05) is 54.8 Å². The van der Waals surface area contributed by atoms with Crippen LogP contribution in [0.5, 0.6) is 0 Å². The summed E-state index contributed by atoms with van der Waals surface area (Å²) in [5, 5.41) is 12.4. The van der Waals surface area contributed by atoms with Crippen LogP contribution in [0.2, 0.25) is 0 Å². The Bertz CT molecular complexity index is 1030. The fourth-order valence-electron chi connectivity index (χ4n) is 3.12. The van der Waals surface area contributed by atoms with E-state index in [1.54, 1.807) is 30.3 Å². The number of aromatic nitrogens is 3. The summed E-state index contributed by atoms with van der Waals surface area (Å²) in [5.41, 5.74) is 1.26. The lowest BCUT2D eigenvalue weighted by molar-refractivity contribution is 0.0921. The zero-order valence-corrected chi connectivity index (χ0v) is 18.5. The van der Waals surface area contributed by atoms with Crippen LogP contribution in [0.1, 0.15) is 46.4 Å². The average molecular weight is 435 g/mol. The first-order chi connectivity index (χ1) is 15.0. The van der Waals surface area contributed by atoms with E-state index in [1.165, 1.54) is 11.8 Å². The summed E-state index contributed by atoms with van der Waals surface area (Å²) >= 11 is 1.33. The van der Waals surface area contributed by atoms with Gasteiger partial charge in [0.1, 0.15) is 0 Å². The van der Waals surface area contributed by atoms with E-state index in [2.05, 4.69) is 22.1 Å². The zero-order chi connectivity index (χ0) is 22.2. The van der Waals surface area contributed by atoms with E-state index in [0.29, 0.717) is 28.7 Å². The minimum absolute atomic E-state index is 0.0260. The first-order valence-electron chi connectivity index (χ1n) is 10.1. The van der Waals surface area contributed by atoms with Crippen molar-refractivity contribution in [2.24, 2.45) is 5.92 Å². The number of allylic oxidation sites excluding steroid dienone is 1. The Balaban J connectivity index is 1.80. The molecule has 0 aliphatic rings. The Hall–Kier alpha value is -3.19. The van der Waals surface area contributed by atoms with Crippen LogP contribution in [0.25, 0.3) is 0 Å². The molecule has 0 aliphatic heterocycles. The third-order valence-electron chi connectivity index (χ3n) is 4.75. The second kappa shape index (κ2) is 10.7. The first-order valence-corrected chi connectivity index (χ1v) is 11.1. The number of benzene rings is 2. The molecule has 0 aliphatic carbocycles. The maximum absolute atomic E-state index is 12.7. The van der Waals surface area contributed by atoms with Crippen LogP contribution in [0.15, 0.2) is 78.5 Å². The number of carbonyl (C=O) groups is 2. The highest BCUT2D eigenvalue weighted by Gasteiger charge is 2.26. The molecule has 1 atom stereocenters. The van der Waals surface area contributed by atoms with Gasteiger partial charge in [0.15, 0.2) is 16.8 Å². The van der Waals surface area contributed by atoms with Crippen molar-refractivity contribution in [3.8, 4) is 0 Å². The van der Waals surface area contributed by atoms with E-state index in [9.17, 15) is 9.59 Å². The molecule has 1 amide bonds. The van der Waals surface area contributed by atoms with Crippen molar-refractivity contribution in [3.05, 3.63) is 90.3 Å². The molecule has 31 heavy (non-hydrogen) atoms. The first kappa shape index (κ1) is 22.5. The van der Waals surface area contributed by atoms with Gasteiger partial charge < -0.3 is 9.88 Å². The number of hydrogen-bond donors (Lipinski definition) is 1. The second-order valence-corrected chi connectivity index (χ2v) is 8.32. The van der Waals surface area contributed by atoms with Gasteiger partial charge in [-0.2, -0.15) is 0 Å². The van der Waals surface area contributed by atoms with Gasteiger partial charge in [-0.05, 0) is 18.1 Å². The van der Waals surface area contributed by atoms with Gasteiger partial charge in [0.2, 0.25) is 0 Å². The van der Waals surface area contributed by atoms with E-state index < -0.39 is 0 Å². The van der Waals surface area contributed by atoms with E-state index >= 15 is 0 Å². The van der Waals surface area contributed by atoms with Crippen LogP contribution in [-0.4, -0.2) is 32.2 Å². The van der Waals surface area contributed by atoms with E-state index in [0.717, 1.165) is 0 Å². The maximum atomic E-state index is 12.7. The van der Waals surface area contributed by atoms with Crippen LogP contribution >= 0.6 is 11.8 Å². The molecule has 0 bridgehead atoms. The molecule has 1 aromatic heterocycles. The van der Waals surface area contributed by atoms with Crippen LogP contribution in [0.3, 0.4) is 0 Å². The van der Waals surface area contributed by atoms with Crippen molar-refractivity contribution in [1.82, 2.24) is 20.1 Å². The predicted molar refractivity (Wildman–Crippen MR) is 123 cm³/mol. The van der Waals surface area contributed by atoms with Crippen molar-refractivity contribution in [2.75, 3.05) is 5.75 Å². The number of rotatable bonds is 10. The predicted octanol–water partition coefficient (Wildman–Crippen LogP) is 4.57. The van der Waals surface area contributed by atoms with Crippen LogP contribution in [0, 0.1) is 5.92 Å². The standard InChI is InChI=1S/C24H26N4O2S/c1-4-15-28-22(21(17(2)3)25-23(30)19-13-9-6-10-14-19)26-27-24(28)31-16-20(29)18-11-7-5-8-12-18/h4-14,17,21H,1,15-16H2,2-3H3,(H,25,30). The molecule has 0 saturated heterocycles. The number of hydrogen-bond acceptors (Lipinski definition) is 5. The maximum Gasteiger partial charge on any atom is 0.251 e. The zero-order valence-electron chi connectivity index (χ0n) is 17.7. The number of Topliss-reactive ketones (excluding diaryl/α,β-unsaturated/α-hetero) is 1. The number of thioether (sulfide) groups is 1. The van der Waals surface area contributed by atoms with Gasteiger partial charge in [-0.15, -0.1) is 16.8 Å². The number of amides is 1. The number of nitrogens with one attached hydrogen (secondary N) is 1. The van der Waals surface area contributed by atoms with Crippen molar-refractivity contribution in [2.45, 2.75) is 31.6 Å². The summed E-state index contributed by atoms with van der Waals surface area (Å²) in [6.45, 7) is 8.36. The highest BCUT2D eigenvalue weighted by atomic mass is 32.2. The van der Waals surface area contributed by atoms with Gasteiger partial charge in [-0.3, -0.25) is 9.59 Å². The van der Waals surface area contributed by atoms with Crippen molar-refractivity contribution < 1.29 is 9.59 Å². The van der Waals surface area contributed by atoms with Crippen LogP contribution < -0.4 is 5.32 Å². The molecular weight excluding hydrogens is 408 g/mol. The molecule has 1 heterocycles. The fourth-order valence-corrected chi connectivity index (χ4v) is 3.97. The molecule has 0 spiro atoms. The number of ketones is 1. The highest BCUT2D eigenvalue weighted by molar-refractivity contribution is 7.99. The van der Waals surface area contributed by atoms with Crippen LogP contribution in [0.4, 0.5) is 0 Å². The summed E-state index contributed by atoms with van der Waals surface area (Å²) in [5.74, 6) is 0.847.